The molecule has 0 amide bonds. The van der Waals surface area contributed by atoms with Crippen molar-refractivity contribution in [2.75, 3.05) is 0 Å². The van der Waals surface area contributed by atoms with Gasteiger partial charge in [0.2, 0.25) is 0 Å². The van der Waals surface area contributed by atoms with Gasteiger partial charge in [-0.25, -0.2) is 19.9 Å². The lowest BCUT2D eigenvalue weighted by atomic mass is 10.5. The maximum atomic E-state index is 4.01. The smallest absolute Gasteiger partial charge is 0.197 e. The zero-order valence-corrected chi connectivity index (χ0v) is 6.25. The van der Waals surface area contributed by atoms with Gasteiger partial charge >= 0.3 is 0 Å². The first kappa shape index (κ1) is 6.84. The molecule has 0 atom stereocenters. The Bertz CT molecular complexity index is 308. The van der Waals surface area contributed by atoms with E-state index in [9.17, 15) is 0 Å². The second kappa shape index (κ2) is 3.04. The highest BCUT2D eigenvalue weighted by atomic mass is 15.0. The largest absolute Gasteiger partial charge is 0.234 e. The molecule has 0 unspecified atom stereocenters. The average Bonchev–Trinajstić information content (AvgIpc) is 2.21. The van der Waals surface area contributed by atoms with Gasteiger partial charge in [0.15, 0.2) is 11.6 Å². The summed E-state index contributed by atoms with van der Waals surface area (Å²) in [5, 5.41) is 0. The second-order valence-electron chi connectivity index (χ2n) is 2.14. The summed E-state index contributed by atoms with van der Waals surface area (Å²) in [6, 6.07) is 3.51. The zero-order chi connectivity index (χ0) is 8.23. The predicted molar refractivity (Wildman–Crippen MR) is 43.1 cm³/mol. The van der Waals surface area contributed by atoms with Crippen molar-refractivity contribution in [3.8, 4) is 11.6 Å². The lowest BCUT2D eigenvalue weighted by Crippen LogP contribution is -1.91. The number of hydrogen-bond acceptors (Lipinski definition) is 4. The molecule has 0 aliphatic carbocycles. The van der Waals surface area contributed by atoms with E-state index in [-0.39, 0.29) is 0 Å². The third-order valence-corrected chi connectivity index (χ3v) is 1.33. The monoisotopic (exact) mass is 158 g/mol. The fraction of sp³-hybridized carbons (Fsp3) is 0. The molecule has 0 fully saturated rings. The lowest BCUT2D eigenvalue weighted by Gasteiger charge is -1.93. The molecule has 2 rings (SSSR count). The summed E-state index contributed by atoms with van der Waals surface area (Å²) in [6.07, 6.45) is 6.66. The van der Waals surface area contributed by atoms with Gasteiger partial charge in [-0.2, -0.15) is 0 Å². The van der Waals surface area contributed by atoms with Crippen LogP contribution in [0.15, 0.2) is 36.9 Å². The summed E-state index contributed by atoms with van der Waals surface area (Å²) in [4.78, 5) is 16.1. The highest BCUT2D eigenvalue weighted by molar-refractivity contribution is 5.40. The van der Waals surface area contributed by atoms with E-state index in [0.717, 1.165) is 0 Å². The van der Waals surface area contributed by atoms with E-state index < -0.39 is 0 Å². The minimum absolute atomic E-state index is 0.554. The second-order valence-corrected chi connectivity index (χ2v) is 2.14. The van der Waals surface area contributed by atoms with Crippen molar-refractivity contribution in [1.29, 1.82) is 0 Å². The van der Waals surface area contributed by atoms with E-state index in [1.54, 1.807) is 36.9 Å². The standard InChI is InChI=1S/C8H6N4/c1-3-9-7(10-4-1)8-11-5-2-6-12-8/h1-6H. The molecule has 0 bridgehead atoms. The van der Waals surface area contributed by atoms with Crippen LogP contribution in [0.4, 0.5) is 0 Å². The molecule has 0 radical (unpaired) electrons. The summed E-state index contributed by atoms with van der Waals surface area (Å²) in [6.45, 7) is 0. The molecule has 58 valence electrons. The van der Waals surface area contributed by atoms with E-state index >= 15 is 0 Å². The average molecular weight is 158 g/mol. The van der Waals surface area contributed by atoms with Crippen molar-refractivity contribution in [1.82, 2.24) is 19.9 Å². The van der Waals surface area contributed by atoms with Gasteiger partial charge in [0.05, 0.1) is 0 Å². The van der Waals surface area contributed by atoms with E-state index in [2.05, 4.69) is 19.9 Å². The maximum absolute atomic E-state index is 4.01. The van der Waals surface area contributed by atoms with Crippen molar-refractivity contribution < 1.29 is 0 Å². The molecular weight excluding hydrogens is 152 g/mol. The highest BCUT2D eigenvalue weighted by Crippen LogP contribution is 2.03. The lowest BCUT2D eigenvalue weighted by molar-refractivity contribution is 1.08. The Morgan fingerprint density at radius 2 is 0.917 bits per heavy atom. The van der Waals surface area contributed by atoms with E-state index in [1.807, 2.05) is 0 Å². The Morgan fingerprint density at radius 3 is 1.25 bits per heavy atom. The molecule has 0 aromatic carbocycles. The maximum Gasteiger partial charge on any atom is 0.197 e. The number of nitrogens with zero attached hydrogens (tertiary/aromatic N) is 4. The van der Waals surface area contributed by atoms with Gasteiger partial charge in [-0.15, -0.1) is 0 Å². The van der Waals surface area contributed by atoms with Crippen LogP contribution in [0, 0.1) is 0 Å². The first-order valence-corrected chi connectivity index (χ1v) is 3.51. The minimum atomic E-state index is 0.554. The molecule has 0 aliphatic heterocycles. The number of hydrogen-bond donors (Lipinski definition) is 0. The molecule has 12 heavy (non-hydrogen) atoms. The molecule has 2 aromatic heterocycles. The Morgan fingerprint density at radius 1 is 0.583 bits per heavy atom. The zero-order valence-electron chi connectivity index (χ0n) is 6.25. The Balaban J connectivity index is 2.46. The van der Waals surface area contributed by atoms with E-state index in [4.69, 9.17) is 0 Å². The van der Waals surface area contributed by atoms with Crippen LogP contribution < -0.4 is 0 Å². The first-order chi connectivity index (χ1) is 5.97. The van der Waals surface area contributed by atoms with Crippen LogP contribution in [-0.2, 0) is 0 Å². The predicted octanol–water partition coefficient (Wildman–Crippen LogP) is 0.934. The van der Waals surface area contributed by atoms with Crippen LogP contribution in [0.3, 0.4) is 0 Å². The van der Waals surface area contributed by atoms with Crippen molar-refractivity contribution >= 4 is 0 Å². The number of rotatable bonds is 1. The third kappa shape index (κ3) is 1.27. The van der Waals surface area contributed by atoms with Crippen LogP contribution in [0.5, 0.6) is 0 Å². The molecule has 0 N–H and O–H groups in total. The van der Waals surface area contributed by atoms with Gasteiger partial charge in [-0.1, -0.05) is 0 Å². The van der Waals surface area contributed by atoms with Crippen molar-refractivity contribution in [2.24, 2.45) is 0 Å². The highest BCUT2D eigenvalue weighted by Gasteiger charge is 1.99. The molecule has 0 saturated heterocycles. The molecule has 2 heterocycles. The van der Waals surface area contributed by atoms with Crippen molar-refractivity contribution in [3.05, 3.63) is 36.9 Å². The van der Waals surface area contributed by atoms with E-state index in [1.165, 1.54) is 0 Å². The Kier molecular flexibility index (Phi) is 1.74. The summed E-state index contributed by atoms with van der Waals surface area (Å²) in [5.74, 6) is 1.11. The van der Waals surface area contributed by atoms with Crippen molar-refractivity contribution in [2.45, 2.75) is 0 Å². The molecule has 0 aliphatic rings. The van der Waals surface area contributed by atoms with Gasteiger partial charge in [-0.05, 0) is 12.1 Å². The molecule has 0 saturated carbocycles. The van der Waals surface area contributed by atoms with Crippen molar-refractivity contribution in [3.63, 3.8) is 0 Å². The quantitative estimate of drug-likeness (QED) is 0.619. The van der Waals surface area contributed by atoms with Crippen LogP contribution in [0.1, 0.15) is 0 Å². The topological polar surface area (TPSA) is 51.6 Å². The third-order valence-electron chi connectivity index (χ3n) is 1.33. The minimum Gasteiger partial charge on any atom is -0.234 e. The summed E-state index contributed by atoms with van der Waals surface area (Å²) in [7, 11) is 0. The van der Waals surface area contributed by atoms with E-state index in [0.29, 0.717) is 11.6 Å². The Hall–Kier alpha value is -1.84. The molecule has 4 nitrogen and oxygen atoms in total. The van der Waals surface area contributed by atoms with Crippen LogP contribution in [0.25, 0.3) is 11.6 Å². The van der Waals surface area contributed by atoms with Gasteiger partial charge in [0.25, 0.3) is 0 Å². The Labute approximate surface area is 69.4 Å². The molecule has 0 spiro atoms. The van der Waals surface area contributed by atoms with Crippen LogP contribution in [0.2, 0.25) is 0 Å². The van der Waals surface area contributed by atoms with Gasteiger partial charge in [0.1, 0.15) is 0 Å². The fourth-order valence-corrected chi connectivity index (χ4v) is 0.829. The summed E-state index contributed by atoms with van der Waals surface area (Å²) >= 11 is 0. The summed E-state index contributed by atoms with van der Waals surface area (Å²) < 4.78 is 0. The van der Waals surface area contributed by atoms with Gasteiger partial charge in [0, 0.05) is 24.8 Å². The normalized spacial score (nSPS) is 9.67. The number of aromatic nitrogens is 4. The fourth-order valence-electron chi connectivity index (χ4n) is 0.829. The van der Waals surface area contributed by atoms with Crippen LogP contribution in [-0.4, -0.2) is 19.9 Å². The van der Waals surface area contributed by atoms with Crippen LogP contribution >= 0.6 is 0 Å². The first-order valence-electron chi connectivity index (χ1n) is 3.51. The van der Waals surface area contributed by atoms with Gasteiger partial charge in [-0.3, -0.25) is 0 Å². The van der Waals surface area contributed by atoms with Gasteiger partial charge < -0.3 is 0 Å². The SMILES string of the molecule is c1cnc(-c2ncccn2)nc1. The molecule has 2 aromatic rings. The molecular formula is C8H6N4. The molecule has 4 heteroatoms. The summed E-state index contributed by atoms with van der Waals surface area (Å²) in [5.41, 5.74) is 0.